The number of hydrogen-bond acceptors (Lipinski definition) is 5. The Morgan fingerprint density at radius 3 is 2.73 bits per heavy atom. The molecule has 1 unspecified atom stereocenters. The van der Waals surface area contributed by atoms with Crippen molar-refractivity contribution in [1.82, 2.24) is 0 Å². The highest BCUT2D eigenvalue weighted by Crippen LogP contribution is 2.15. The summed E-state index contributed by atoms with van der Waals surface area (Å²) >= 11 is 0. The lowest BCUT2D eigenvalue weighted by Crippen LogP contribution is -2.29. The van der Waals surface area contributed by atoms with E-state index in [2.05, 4.69) is 4.18 Å². The summed E-state index contributed by atoms with van der Waals surface area (Å²) in [7, 11) is -3.38. The molecule has 5 nitrogen and oxygen atoms in total. The van der Waals surface area contributed by atoms with Gasteiger partial charge in [0.05, 0.1) is 19.0 Å². The minimum absolute atomic E-state index is 0.0404. The van der Waals surface area contributed by atoms with E-state index < -0.39 is 10.1 Å². The molecular formula is C9H18O5S. The monoisotopic (exact) mass is 238 g/mol. The average Bonchev–Trinajstić information content (AvgIpc) is 2.15. The molecule has 0 aromatic heterocycles. The molecule has 0 saturated carbocycles. The third-order valence-electron chi connectivity index (χ3n) is 2.04. The average molecular weight is 238 g/mol. The van der Waals surface area contributed by atoms with Gasteiger partial charge < -0.3 is 9.47 Å². The molecule has 15 heavy (non-hydrogen) atoms. The fraction of sp³-hybridized carbons (Fsp3) is 1.00. The molecule has 0 amide bonds. The zero-order valence-corrected chi connectivity index (χ0v) is 9.96. The van der Waals surface area contributed by atoms with Crippen LogP contribution in [-0.4, -0.2) is 40.3 Å². The number of rotatable bonds is 5. The van der Waals surface area contributed by atoms with Crippen molar-refractivity contribution in [3.8, 4) is 0 Å². The summed E-state index contributed by atoms with van der Waals surface area (Å²) in [6, 6.07) is 0. The predicted molar refractivity (Wildman–Crippen MR) is 54.9 cm³/mol. The van der Waals surface area contributed by atoms with Crippen molar-refractivity contribution in [2.75, 3.05) is 19.5 Å². The number of hydrogen-bond donors (Lipinski definition) is 0. The first-order chi connectivity index (χ1) is 6.97. The van der Waals surface area contributed by atoms with Gasteiger partial charge in [-0.25, -0.2) is 0 Å². The van der Waals surface area contributed by atoms with Gasteiger partial charge in [-0.2, -0.15) is 8.42 Å². The van der Waals surface area contributed by atoms with E-state index in [0.717, 1.165) is 25.5 Å². The first-order valence-electron chi connectivity index (χ1n) is 5.09. The van der Waals surface area contributed by atoms with Gasteiger partial charge in [0.25, 0.3) is 10.1 Å². The third kappa shape index (κ3) is 6.09. The second-order valence-electron chi connectivity index (χ2n) is 3.73. The zero-order valence-electron chi connectivity index (χ0n) is 9.14. The van der Waals surface area contributed by atoms with Crippen LogP contribution in [0.25, 0.3) is 0 Å². The molecule has 1 saturated heterocycles. The molecule has 1 aliphatic heterocycles. The van der Waals surface area contributed by atoms with Gasteiger partial charge in [0, 0.05) is 6.61 Å². The largest absolute Gasteiger partial charge is 0.353 e. The molecule has 0 radical (unpaired) electrons. The van der Waals surface area contributed by atoms with E-state index in [1.165, 1.54) is 0 Å². The molecule has 6 heteroatoms. The van der Waals surface area contributed by atoms with E-state index in [-0.39, 0.29) is 19.0 Å². The summed E-state index contributed by atoms with van der Waals surface area (Å²) in [4.78, 5) is 0. The predicted octanol–water partition coefficient (Wildman–Crippen LogP) is 0.894. The molecule has 0 N–H and O–H groups in total. The quantitative estimate of drug-likeness (QED) is 0.666. The first kappa shape index (κ1) is 12.9. The first-order valence-corrected chi connectivity index (χ1v) is 6.90. The molecule has 1 rings (SSSR count). The van der Waals surface area contributed by atoms with E-state index in [9.17, 15) is 8.42 Å². The maximum atomic E-state index is 10.7. The van der Waals surface area contributed by atoms with Crippen molar-refractivity contribution in [3.05, 3.63) is 0 Å². The SMILES string of the molecule is C[C@H](COS(C)(=O)=O)OC1CCCCO1. The van der Waals surface area contributed by atoms with Crippen LogP contribution >= 0.6 is 0 Å². The van der Waals surface area contributed by atoms with Crippen molar-refractivity contribution in [2.45, 2.75) is 38.6 Å². The van der Waals surface area contributed by atoms with Crippen molar-refractivity contribution in [3.63, 3.8) is 0 Å². The molecule has 1 aliphatic rings. The van der Waals surface area contributed by atoms with Crippen molar-refractivity contribution < 1.29 is 22.1 Å². The van der Waals surface area contributed by atoms with Crippen molar-refractivity contribution in [1.29, 1.82) is 0 Å². The zero-order chi connectivity index (χ0) is 11.3. The van der Waals surface area contributed by atoms with Crippen LogP contribution in [0.3, 0.4) is 0 Å². The van der Waals surface area contributed by atoms with E-state index in [4.69, 9.17) is 9.47 Å². The molecule has 2 atom stereocenters. The van der Waals surface area contributed by atoms with Gasteiger partial charge >= 0.3 is 0 Å². The van der Waals surface area contributed by atoms with Gasteiger partial charge in [-0.05, 0) is 26.2 Å². The molecule has 0 bridgehead atoms. The topological polar surface area (TPSA) is 61.8 Å². The molecule has 0 aromatic carbocycles. The van der Waals surface area contributed by atoms with E-state index in [0.29, 0.717) is 6.61 Å². The summed E-state index contributed by atoms with van der Waals surface area (Å²) in [5.74, 6) is 0. The summed E-state index contributed by atoms with van der Waals surface area (Å²) in [5.41, 5.74) is 0. The van der Waals surface area contributed by atoms with E-state index >= 15 is 0 Å². The lowest BCUT2D eigenvalue weighted by atomic mass is 10.2. The highest BCUT2D eigenvalue weighted by atomic mass is 32.2. The highest BCUT2D eigenvalue weighted by molar-refractivity contribution is 7.85. The Balaban J connectivity index is 2.20. The van der Waals surface area contributed by atoms with E-state index in [1.54, 1.807) is 6.92 Å². The van der Waals surface area contributed by atoms with Gasteiger partial charge in [-0.15, -0.1) is 0 Å². The molecular weight excluding hydrogens is 220 g/mol. The second kappa shape index (κ2) is 5.79. The van der Waals surface area contributed by atoms with Crippen LogP contribution in [0.1, 0.15) is 26.2 Å². The van der Waals surface area contributed by atoms with Crippen LogP contribution in [0, 0.1) is 0 Å². The molecule has 0 spiro atoms. The van der Waals surface area contributed by atoms with Gasteiger partial charge in [0.2, 0.25) is 0 Å². The molecule has 90 valence electrons. The van der Waals surface area contributed by atoms with Crippen LogP contribution in [-0.2, 0) is 23.8 Å². The molecule has 1 heterocycles. The minimum atomic E-state index is -3.38. The lowest BCUT2D eigenvalue weighted by molar-refractivity contribution is -0.188. The Morgan fingerprint density at radius 2 is 2.20 bits per heavy atom. The van der Waals surface area contributed by atoms with Gasteiger partial charge in [0.1, 0.15) is 0 Å². The van der Waals surface area contributed by atoms with Crippen molar-refractivity contribution >= 4 is 10.1 Å². The summed E-state index contributed by atoms with van der Waals surface area (Å²) in [6.07, 6.45) is 3.55. The molecule has 1 fully saturated rings. The van der Waals surface area contributed by atoms with Crippen molar-refractivity contribution in [2.24, 2.45) is 0 Å². The maximum Gasteiger partial charge on any atom is 0.264 e. The summed E-state index contributed by atoms with van der Waals surface area (Å²) in [5, 5.41) is 0. The van der Waals surface area contributed by atoms with Crippen LogP contribution in [0.4, 0.5) is 0 Å². The van der Waals surface area contributed by atoms with Crippen LogP contribution in [0.5, 0.6) is 0 Å². The van der Waals surface area contributed by atoms with Crippen LogP contribution in [0.15, 0.2) is 0 Å². The fourth-order valence-corrected chi connectivity index (χ4v) is 1.78. The lowest BCUT2D eigenvalue weighted by Gasteiger charge is -2.25. The Labute approximate surface area is 90.8 Å². The second-order valence-corrected chi connectivity index (χ2v) is 5.38. The Hall–Kier alpha value is -0.170. The van der Waals surface area contributed by atoms with Crippen LogP contribution in [0.2, 0.25) is 0 Å². The fourth-order valence-electron chi connectivity index (χ4n) is 1.34. The van der Waals surface area contributed by atoms with E-state index in [1.807, 2.05) is 0 Å². The van der Waals surface area contributed by atoms with Crippen LogP contribution < -0.4 is 0 Å². The highest BCUT2D eigenvalue weighted by Gasteiger charge is 2.18. The molecule has 0 aromatic rings. The summed E-state index contributed by atoms with van der Waals surface area (Å²) in [6.45, 7) is 2.52. The summed E-state index contributed by atoms with van der Waals surface area (Å²) < 4.78 is 36.9. The van der Waals surface area contributed by atoms with Gasteiger partial charge in [-0.1, -0.05) is 0 Å². The Bertz CT molecular complexity index is 268. The normalized spacial score (nSPS) is 25.1. The Morgan fingerprint density at radius 1 is 1.47 bits per heavy atom. The van der Waals surface area contributed by atoms with Gasteiger partial charge in [0.15, 0.2) is 6.29 Å². The molecule has 0 aliphatic carbocycles. The Kier molecular flexibility index (Phi) is 4.98. The number of ether oxygens (including phenoxy) is 2. The third-order valence-corrected chi connectivity index (χ3v) is 2.60. The minimum Gasteiger partial charge on any atom is -0.353 e. The maximum absolute atomic E-state index is 10.7. The standard InChI is InChI=1S/C9H18O5S/c1-8(7-13-15(2,10)11)14-9-5-3-4-6-12-9/h8-9H,3-7H2,1-2H3/t8-,9?/m1/s1. The smallest absolute Gasteiger partial charge is 0.264 e. The van der Waals surface area contributed by atoms with Gasteiger partial charge in [-0.3, -0.25) is 4.18 Å².